The van der Waals surface area contributed by atoms with Crippen molar-refractivity contribution in [2.75, 3.05) is 24.9 Å². The lowest BCUT2D eigenvalue weighted by atomic mass is 10.2. The van der Waals surface area contributed by atoms with Gasteiger partial charge in [-0.05, 0) is 48.0 Å². The molecule has 7 heteroatoms. The minimum Gasteiger partial charge on any atom is -0.493 e. The van der Waals surface area contributed by atoms with Crippen molar-refractivity contribution in [2.45, 2.75) is 6.54 Å². The second-order valence-electron chi connectivity index (χ2n) is 5.94. The molecule has 0 aliphatic rings. The smallest absolute Gasteiger partial charge is 0.255 e. The minimum atomic E-state index is -0.240. The number of carbonyl (C=O) groups excluding carboxylic acids is 1. The predicted octanol–water partition coefficient (Wildman–Crippen LogP) is 4.62. The second kappa shape index (κ2) is 9.10. The summed E-state index contributed by atoms with van der Waals surface area (Å²) in [6.07, 6.45) is 1.60. The van der Waals surface area contributed by atoms with E-state index in [1.165, 1.54) is 0 Å². The van der Waals surface area contributed by atoms with Gasteiger partial charge in [0.05, 0.1) is 26.1 Å². The SMILES string of the molecule is COc1ccc(CNc2ccc(NC(=O)c3cccc(Cl)c3)cn2)cc1OC. The Bertz CT molecular complexity index is 961. The number of carbonyl (C=O) groups is 1. The molecule has 6 nitrogen and oxygen atoms in total. The molecular weight excluding hydrogens is 378 g/mol. The van der Waals surface area contributed by atoms with Crippen molar-refractivity contribution in [2.24, 2.45) is 0 Å². The van der Waals surface area contributed by atoms with E-state index < -0.39 is 0 Å². The van der Waals surface area contributed by atoms with Crippen molar-refractivity contribution in [3.8, 4) is 11.5 Å². The van der Waals surface area contributed by atoms with Crippen LogP contribution in [0.15, 0.2) is 60.8 Å². The lowest BCUT2D eigenvalue weighted by molar-refractivity contribution is 0.102. The predicted molar refractivity (Wildman–Crippen MR) is 111 cm³/mol. The van der Waals surface area contributed by atoms with Crippen LogP contribution in [0.1, 0.15) is 15.9 Å². The second-order valence-corrected chi connectivity index (χ2v) is 6.38. The topological polar surface area (TPSA) is 72.5 Å². The maximum absolute atomic E-state index is 12.2. The maximum Gasteiger partial charge on any atom is 0.255 e. The summed E-state index contributed by atoms with van der Waals surface area (Å²) < 4.78 is 10.5. The van der Waals surface area contributed by atoms with Crippen LogP contribution < -0.4 is 20.1 Å². The Hall–Kier alpha value is -3.25. The number of nitrogens with zero attached hydrogens (tertiary/aromatic N) is 1. The monoisotopic (exact) mass is 397 g/mol. The first kappa shape index (κ1) is 19.5. The van der Waals surface area contributed by atoms with Crippen molar-refractivity contribution in [3.05, 3.63) is 76.9 Å². The number of halogens is 1. The highest BCUT2D eigenvalue weighted by Crippen LogP contribution is 2.27. The van der Waals surface area contributed by atoms with Gasteiger partial charge in [0.2, 0.25) is 0 Å². The number of ether oxygens (including phenoxy) is 2. The van der Waals surface area contributed by atoms with Gasteiger partial charge in [0.25, 0.3) is 5.91 Å². The number of nitrogens with one attached hydrogen (secondary N) is 2. The molecule has 3 aromatic rings. The van der Waals surface area contributed by atoms with E-state index in [0.717, 1.165) is 5.56 Å². The minimum absolute atomic E-state index is 0.240. The fourth-order valence-electron chi connectivity index (χ4n) is 2.59. The lowest BCUT2D eigenvalue weighted by Crippen LogP contribution is -2.12. The van der Waals surface area contributed by atoms with Crippen LogP contribution >= 0.6 is 11.6 Å². The third-order valence-corrected chi connectivity index (χ3v) is 4.26. The van der Waals surface area contributed by atoms with Crippen LogP contribution in [0.5, 0.6) is 11.5 Å². The highest BCUT2D eigenvalue weighted by molar-refractivity contribution is 6.31. The zero-order valence-electron chi connectivity index (χ0n) is 15.5. The Kier molecular flexibility index (Phi) is 6.34. The average Bonchev–Trinajstić information content (AvgIpc) is 2.73. The van der Waals surface area contributed by atoms with Crippen LogP contribution in [0.2, 0.25) is 5.02 Å². The maximum atomic E-state index is 12.2. The van der Waals surface area contributed by atoms with E-state index in [2.05, 4.69) is 15.6 Å². The van der Waals surface area contributed by atoms with Gasteiger partial charge in [-0.3, -0.25) is 4.79 Å². The molecule has 0 saturated heterocycles. The Morgan fingerprint density at radius 2 is 1.86 bits per heavy atom. The number of amides is 1. The molecule has 3 rings (SSSR count). The van der Waals surface area contributed by atoms with Gasteiger partial charge in [-0.15, -0.1) is 0 Å². The summed E-state index contributed by atoms with van der Waals surface area (Å²) in [5.74, 6) is 1.81. The summed E-state index contributed by atoms with van der Waals surface area (Å²) in [5.41, 5.74) is 2.11. The van der Waals surface area contributed by atoms with Gasteiger partial charge in [0, 0.05) is 17.1 Å². The molecule has 1 aromatic heterocycles. The molecule has 0 radical (unpaired) electrons. The zero-order valence-corrected chi connectivity index (χ0v) is 16.3. The molecule has 1 amide bonds. The molecule has 0 unspecified atom stereocenters. The molecule has 0 spiro atoms. The van der Waals surface area contributed by atoms with Crippen molar-refractivity contribution < 1.29 is 14.3 Å². The van der Waals surface area contributed by atoms with Crippen LogP contribution in [0.4, 0.5) is 11.5 Å². The van der Waals surface area contributed by atoms with Gasteiger partial charge >= 0.3 is 0 Å². The van der Waals surface area contributed by atoms with E-state index in [9.17, 15) is 4.79 Å². The summed E-state index contributed by atoms with van der Waals surface area (Å²) >= 11 is 5.92. The first-order chi connectivity index (χ1) is 13.6. The van der Waals surface area contributed by atoms with Gasteiger partial charge in [0.1, 0.15) is 5.82 Å². The zero-order chi connectivity index (χ0) is 19.9. The van der Waals surface area contributed by atoms with E-state index in [1.54, 1.807) is 56.8 Å². The summed E-state index contributed by atoms with van der Waals surface area (Å²) in [7, 11) is 3.21. The number of aromatic nitrogens is 1. The fourth-order valence-corrected chi connectivity index (χ4v) is 2.78. The van der Waals surface area contributed by atoms with Gasteiger partial charge < -0.3 is 20.1 Å². The summed E-state index contributed by atoms with van der Waals surface area (Å²) in [5, 5.41) is 6.54. The molecule has 0 bridgehead atoms. The molecular formula is C21H20ClN3O3. The molecule has 2 N–H and O–H groups in total. The quantitative estimate of drug-likeness (QED) is 0.608. The van der Waals surface area contributed by atoms with E-state index in [4.69, 9.17) is 21.1 Å². The number of benzene rings is 2. The average molecular weight is 398 g/mol. The number of pyridine rings is 1. The Balaban J connectivity index is 1.59. The first-order valence-electron chi connectivity index (χ1n) is 8.57. The lowest BCUT2D eigenvalue weighted by Gasteiger charge is -2.11. The summed E-state index contributed by atoms with van der Waals surface area (Å²) in [6.45, 7) is 0.571. The van der Waals surface area contributed by atoms with Gasteiger partial charge in [0.15, 0.2) is 11.5 Å². The van der Waals surface area contributed by atoms with E-state index >= 15 is 0 Å². The van der Waals surface area contributed by atoms with Crippen molar-refractivity contribution >= 4 is 29.0 Å². The highest BCUT2D eigenvalue weighted by Gasteiger charge is 2.07. The number of hydrogen-bond donors (Lipinski definition) is 2. The number of hydrogen-bond acceptors (Lipinski definition) is 5. The largest absolute Gasteiger partial charge is 0.493 e. The summed E-state index contributed by atoms with van der Waals surface area (Å²) in [6, 6.07) is 16.1. The van der Waals surface area contributed by atoms with Crippen LogP contribution in [0, 0.1) is 0 Å². The molecule has 1 heterocycles. The number of rotatable bonds is 7. The molecule has 28 heavy (non-hydrogen) atoms. The molecule has 0 atom stereocenters. The summed E-state index contributed by atoms with van der Waals surface area (Å²) in [4.78, 5) is 16.6. The van der Waals surface area contributed by atoms with E-state index in [-0.39, 0.29) is 5.91 Å². The molecule has 0 aliphatic heterocycles. The Morgan fingerprint density at radius 3 is 2.54 bits per heavy atom. The Morgan fingerprint density at radius 1 is 1.04 bits per heavy atom. The molecule has 2 aromatic carbocycles. The van der Waals surface area contributed by atoms with Crippen molar-refractivity contribution in [3.63, 3.8) is 0 Å². The van der Waals surface area contributed by atoms with Crippen LogP contribution in [-0.2, 0) is 6.54 Å². The molecule has 144 valence electrons. The van der Waals surface area contributed by atoms with Gasteiger partial charge in [-0.1, -0.05) is 23.7 Å². The van der Waals surface area contributed by atoms with E-state index in [0.29, 0.717) is 40.1 Å². The molecule has 0 saturated carbocycles. The van der Waals surface area contributed by atoms with E-state index in [1.807, 2.05) is 18.2 Å². The first-order valence-corrected chi connectivity index (χ1v) is 8.94. The van der Waals surface area contributed by atoms with Crippen LogP contribution in [0.3, 0.4) is 0 Å². The number of methoxy groups -OCH3 is 2. The standard InChI is InChI=1S/C21H20ClN3O3/c1-27-18-8-6-14(10-19(18)28-2)12-23-20-9-7-17(13-24-20)25-21(26)15-4-3-5-16(22)11-15/h3-11,13H,12H2,1-2H3,(H,23,24)(H,25,26). The Labute approximate surface area is 168 Å². The van der Waals surface area contributed by atoms with Gasteiger partial charge in [-0.2, -0.15) is 0 Å². The number of anilines is 2. The van der Waals surface area contributed by atoms with Crippen LogP contribution in [-0.4, -0.2) is 25.1 Å². The molecule has 0 aliphatic carbocycles. The van der Waals surface area contributed by atoms with Crippen molar-refractivity contribution in [1.82, 2.24) is 4.98 Å². The third-order valence-electron chi connectivity index (χ3n) is 4.03. The fraction of sp³-hybridized carbons (Fsp3) is 0.143. The van der Waals surface area contributed by atoms with Crippen LogP contribution in [0.25, 0.3) is 0 Å². The molecule has 0 fully saturated rings. The highest BCUT2D eigenvalue weighted by atomic mass is 35.5. The third kappa shape index (κ3) is 4.92. The van der Waals surface area contributed by atoms with Crippen molar-refractivity contribution in [1.29, 1.82) is 0 Å². The van der Waals surface area contributed by atoms with Gasteiger partial charge in [-0.25, -0.2) is 4.98 Å². The normalized spacial score (nSPS) is 10.2.